The molecule has 0 aliphatic heterocycles. The van der Waals surface area contributed by atoms with E-state index < -0.39 is 0 Å². The van der Waals surface area contributed by atoms with Crippen LogP contribution in [0.5, 0.6) is 0 Å². The van der Waals surface area contributed by atoms with Gasteiger partial charge in [0, 0.05) is 0 Å². The van der Waals surface area contributed by atoms with Crippen LogP contribution in [0.1, 0.15) is 5.56 Å². The minimum absolute atomic E-state index is 0.177. The summed E-state index contributed by atoms with van der Waals surface area (Å²) < 4.78 is 5.30. The molecule has 10 heavy (non-hydrogen) atoms. The van der Waals surface area contributed by atoms with Crippen LogP contribution in [0.25, 0.3) is 0 Å². The van der Waals surface area contributed by atoms with Crippen molar-refractivity contribution in [1.82, 2.24) is 0 Å². The van der Waals surface area contributed by atoms with E-state index in [1.54, 1.807) is 0 Å². The van der Waals surface area contributed by atoms with Crippen molar-refractivity contribution < 1.29 is 4.43 Å². The van der Waals surface area contributed by atoms with Crippen molar-refractivity contribution in [2.45, 2.75) is 13.2 Å². The van der Waals surface area contributed by atoms with Crippen LogP contribution in [0.15, 0.2) is 30.3 Å². The normalized spacial score (nSPS) is 9.70. The standard InChI is InChI=1S/C8H11OSi/c1-10-9-7-8-5-3-2-4-6-8/h2-6,10H,7H2,1H3. The highest BCUT2D eigenvalue weighted by atomic mass is 28.2. The van der Waals surface area contributed by atoms with Crippen LogP contribution in [0, 0.1) is 0 Å². The second kappa shape index (κ2) is 4.25. The Labute approximate surface area is 64.0 Å². The SMILES string of the molecule is C[SiH]OCc1ccccc1. The first-order valence-corrected chi connectivity index (χ1v) is 4.99. The van der Waals surface area contributed by atoms with Crippen LogP contribution in [0.2, 0.25) is 6.55 Å². The summed E-state index contributed by atoms with van der Waals surface area (Å²) in [6, 6.07) is 10.2. The van der Waals surface area contributed by atoms with Crippen LogP contribution in [0.3, 0.4) is 0 Å². The Morgan fingerprint density at radius 2 is 2.00 bits per heavy atom. The number of rotatable bonds is 3. The van der Waals surface area contributed by atoms with Gasteiger partial charge in [-0.2, -0.15) is 0 Å². The molecule has 0 amide bonds. The maximum absolute atomic E-state index is 5.30. The van der Waals surface area contributed by atoms with Gasteiger partial charge in [0.2, 0.25) is 0 Å². The summed E-state index contributed by atoms with van der Waals surface area (Å²) in [5.74, 6) is 0. The third-order valence-electron chi connectivity index (χ3n) is 1.26. The van der Waals surface area contributed by atoms with Crippen LogP contribution < -0.4 is 0 Å². The Bertz CT molecular complexity index is 174. The van der Waals surface area contributed by atoms with Crippen molar-refractivity contribution in [2.75, 3.05) is 0 Å². The molecule has 1 aromatic carbocycles. The lowest BCUT2D eigenvalue weighted by atomic mass is 10.2. The average Bonchev–Trinajstić information content (AvgIpc) is 2.03. The molecule has 1 rings (SSSR count). The molecule has 1 radical (unpaired) electrons. The van der Waals surface area contributed by atoms with E-state index in [0.29, 0.717) is 0 Å². The Kier molecular flexibility index (Phi) is 3.19. The minimum Gasteiger partial charge on any atom is -0.417 e. The zero-order valence-electron chi connectivity index (χ0n) is 6.08. The molecule has 2 heteroatoms. The summed E-state index contributed by atoms with van der Waals surface area (Å²) >= 11 is 0. The summed E-state index contributed by atoms with van der Waals surface area (Å²) in [5, 5.41) is 0. The van der Waals surface area contributed by atoms with Gasteiger partial charge >= 0.3 is 0 Å². The number of hydrogen-bond acceptors (Lipinski definition) is 1. The fourth-order valence-corrected chi connectivity index (χ4v) is 1.11. The predicted octanol–water partition coefficient (Wildman–Crippen LogP) is 1.60. The molecule has 0 spiro atoms. The molecular formula is C8H11OSi. The second-order valence-corrected chi connectivity index (χ2v) is 2.84. The second-order valence-electron chi connectivity index (χ2n) is 2.03. The van der Waals surface area contributed by atoms with Crippen molar-refractivity contribution >= 4 is 9.76 Å². The molecule has 0 bridgehead atoms. The first-order chi connectivity index (χ1) is 4.93. The molecule has 0 fully saturated rings. The van der Waals surface area contributed by atoms with Crippen LogP contribution >= 0.6 is 0 Å². The molecule has 53 valence electrons. The molecule has 0 N–H and O–H groups in total. The zero-order chi connectivity index (χ0) is 7.23. The van der Waals surface area contributed by atoms with E-state index >= 15 is 0 Å². The summed E-state index contributed by atoms with van der Waals surface area (Å²) in [6.07, 6.45) is 0. The lowest BCUT2D eigenvalue weighted by molar-refractivity contribution is 0.327. The number of benzene rings is 1. The molecule has 0 saturated carbocycles. The predicted molar refractivity (Wildman–Crippen MR) is 44.2 cm³/mol. The molecule has 0 aliphatic carbocycles. The van der Waals surface area contributed by atoms with Crippen LogP contribution in [0.4, 0.5) is 0 Å². The van der Waals surface area contributed by atoms with E-state index in [9.17, 15) is 0 Å². The monoisotopic (exact) mass is 151 g/mol. The van der Waals surface area contributed by atoms with Gasteiger partial charge in [0.25, 0.3) is 0 Å². The quantitative estimate of drug-likeness (QED) is 0.596. The molecule has 1 nitrogen and oxygen atoms in total. The first-order valence-electron chi connectivity index (χ1n) is 3.37. The van der Waals surface area contributed by atoms with Crippen molar-refractivity contribution in [3.8, 4) is 0 Å². The van der Waals surface area contributed by atoms with Gasteiger partial charge in [0.05, 0.1) is 6.61 Å². The van der Waals surface area contributed by atoms with E-state index in [1.165, 1.54) is 5.56 Å². The fraction of sp³-hybridized carbons (Fsp3) is 0.250. The van der Waals surface area contributed by atoms with Gasteiger partial charge < -0.3 is 4.43 Å². The molecular weight excluding hydrogens is 140 g/mol. The number of hydrogen-bond donors (Lipinski definition) is 0. The summed E-state index contributed by atoms with van der Waals surface area (Å²) in [7, 11) is 0.177. The molecule has 0 heterocycles. The highest BCUT2D eigenvalue weighted by molar-refractivity contribution is 6.24. The van der Waals surface area contributed by atoms with Crippen molar-refractivity contribution in [3.05, 3.63) is 35.9 Å². The van der Waals surface area contributed by atoms with Gasteiger partial charge in [-0.05, 0) is 12.1 Å². The molecule has 0 unspecified atom stereocenters. The third kappa shape index (κ3) is 2.33. The molecule has 0 atom stereocenters. The first kappa shape index (κ1) is 7.50. The van der Waals surface area contributed by atoms with Gasteiger partial charge in [0.15, 0.2) is 9.76 Å². The lowest BCUT2D eigenvalue weighted by Crippen LogP contribution is -1.93. The highest BCUT2D eigenvalue weighted by Crippen LogP contribution is 1.98. The van der Waals surface area contributed by atoms with Gasteiger partial charge in [0.1, 0.15) is 0 Å². The third-order valence-corrected chi connectivity index (χ3v) is 1.76. The fourth-order valence-electron chi connectivity index (χ4n) is 0.754. The van der Waals surface area contributed by atoms with Crippen molar-refractivity contribution in [3.63, 3.8) is 0 Å². The Morgan fingerprint density at radius 3 is 2.60 bits per heavy atom. The lowest BCUT2D eigenvalue weighted by Gasteiger charge is -1.98. The van der Waals surface area contributed by atoms with E-state index in [2.05, 4.69) is 18.7 Å². The highest BCUT2D eigenvalue weighted by Gasteiger charge is 1.87. The zero-order valence-corrected chi connectivity index (χ0v) is 7.23. The maximum atomic E-state index is 5.30. The largest absolute Gasteiger partial charge is 0.417 e. The molecule has 0 aromatic heterocycles. The van der Waals surface area contributed by atoms with Crippen molar-refractivity contribution in [2.24, 2.45) is 0 Å². The Hall–Kier alpha value is -0.603. The Balaban J connectivity index is 2.43. The van der Waals surface area contributed by atoms with Crippen LogP contribution in [-0.4, -0.2) is 9.76 Å². The smallest absolute Gasteiger partial charge is 0.190 e. The van der Waals surface area contributed by atoms with Gasteiger partial charge in [-0.25, -0.2) is 0 Å². The van der Waals surface area contributed by atoms with Crippen molar-refractivity contribution in [1.29, 1.82) is 0 Å². The summed E-state index contributed by atoms with van der Waals surface area (Å²) in [4.78, 5) is 0. The summed E-state index contributed by atoms with van der Waals surface area (Å²) in [6.45, 7) is 2.86. The van der Waals surface area contributed by atoms with Gasteiger partial charge in [-0.1, -0.05) is 30.3 Å². The average molecular weight is 151 g/mol. The van der Waals surface area contributed by atoms with E-state index in [1.807, 2.05) is 18.2 Å². The van der Waals surface area contributed by atoms with Gasteiger partial charge in [-0.3, -0.25) is 0 Å². The molecule has 1 aromatic rings. The van der Waals surface area contributed by atoms with Crippen LogP contribution in [-0.2, 0) is 11.0 Å². The minimum atomic E-state index is 0.177. The summed E-state index contributed by atoms with van der Waals surface area (Å²) in [5.41, 5.74) is 1.26. The van der Waals surface area contributed by atoms with E-state index in [4.69, 9.17) is 4.43 Å². The molecule has 0 saturated heterocycles. The van der Waals surface area contributed by atoms with E-state index in [-0.39, 0.29) is 9.76 Å². The van der Waals surface area contributed by atoms with E-state index in [0.717, 1.165) is 6.61 Å². The maximum Gasteiger partial charge on any atom is 0.190 e. The molecule has 0 aliphatic rings. The van der Waals surface area contributed by atoms with Gasteiger partial charge in [-0.15, -0.1) is 0 Å². The Morgan fingerprint density at radius 1 is 1.30 bits per heavy atom. The topological polar surface area (TPSA) is 9.23 Å².